The van der Waals surface area contributed by atoms with E-state index in [2.05, 4.69) is 15.5 Å². The lowest BCUT2D eigenvalue weighted by atomic mass is 10.0. The van der Waals surface area contributed by atoms with Gasteiger partial charge < -0.3 is 10.4 Å². The zero-order valence-corrected chi connectivity index (χ0v) is 15.9. The van der Waals surface area contributed by atoms with Gasteiger partial charge in [0.2, 0.25) is 0 Å². The molecule has 3 N–H and O–H groups in total. The van der Waals surface area contributed by atoms with Gasteiger partial charge in [-0.05, 0) is 61.6 Å². The van der Waals surface area contributed by atoms with Crippen molar-refractivity contribution in [3.63, 3.8) is 0 Å². The van der Waals surface area contributed by atoms with Crippen molar-refractivity contribution in [2.45, 2.75) is 33.3 Å². The molecule has 3 rings (SSSR count). The Morgan fingerprint density at radius 3 is 2.52 bits per heavy atom. The standard InChI is InChI=1S/C22H25N3O2/c1-14-21(15(2)25-24-14)11-12-23-22(27)20-6-4-5-19(13-20)18-9-7-17(8-10-18)16(3)26/h4-10,13,16,26H,11-12H2,1-3H3,(H,23,27)(H,24,25)/t16-/m0/s1. The average molecular weight is 363 g/mol. The maximum absolute atomic E-state index is 12.5. The molecular weight excluding hydrogens is 338 g/mol. The number of rotatable bonds is 6. The molecule has 1 aromatic heterocycles. The predicted octanol–water partition coefficient (Wildman–Crippen LogP) is 3.72. The van der Waals surface area contributed by atoms with Crippen LogP contribution in [0.25, 0.3) is 11.1 Å². The molecule has 0 aliphatic rings. The fourth-order valence-electron chi connectivity index (χ4n) is 3.14. The third-order valence-electron chi connectivity index (χ3n) is 4.79. The largest absolute Gasteiger partial charge is 0.389 e. The van der Waals surface area contributed by atoms with Gasteiger partial charge in [-0.15, -0.1) is 0 Å². The molecule has 0 radical (unpaired) electrons. The van der Waals surface area contributed by atoms with Crippen molar-refractivity contribution >= 4 is 5.91 Å². The molecule has 0 fully saturated rings. The van der Waals surface area contributed by atoms with Crippen molar-refractivity contribution in [1.82, 2.24) is 15.5 Å². The maximum atomic E-state index is 12.5. The summed E-state index contributed by atoms with van der Waals surface area (Å²) in [4.78, 5) is 12.5. The SMILES string of the molecule is Cc1n[nH]c(C)c1CCNC(=O)c1cccc(-c2ccc([C@H](C)O)cc2)c1. The van der Waals surface area contributed by atoms with Crippen LogP contribution >= 0.6 is 0 Å². The molecular formula is C22H25N3O2. The molecule has 1 atom stereocenters. The summed E-state index contributed by atoms with van der Waals surface area (Å²) in [6.45, 7) is 6.26. The molecule has 0 unspecified atom stereocenters. The summed E-state index contributed by atoms with van der Waals surface area (Å²) < 4.78 is 0. The van der Waals surface area contributed by atoms with Crippen molar-refractivity contribution in [2.75, 3.05) is 6.54 Å². The van der Waals surface area contributed by atoms with E-state index in [9.17, 15) is 9.90 Å². The van der Waals surface area contributed by atoms with Gasteiger partial charge in [-0.25, -0.2) is 0 Å². The van der Waals surface area contributed by atoms with E-state index < -0.39 is 6.10 Å². The number of aryl methyl sites for hydroxylation is 2. The number of nitrogens with zero attached hydrogens (tertiary/aromatic N) is 1. The van der Waals surface area contributed by atoms with E-state index in [1.165, 1.54) is 0 Å². The third-order valence-corrected chi connectivity index (χ3v) is 4.79. The molecule has 3 aromatic rings. The van der Waals surface area contributed by atoms with Crippen LogP contribution in [0.15, 0.2) is 48.5 Å². The van der Waals surface area contributed by atoms with Crippen molar-refractivity contribution < 1.29 is 9.90 Å². The number of hydrogen-bond acceptors (Lipinski definition) is 3. The Bertz CT molecular complexity index is 907. The van der Waals surface area contributed by atoms with Gasteiger partial charge in [0.1, 0.15) is 0 Å². The number of aliphatic hydroxyl groups is 1. The summed E-state index contributed by atoms with van der Waals surface area (Å²) in [5.74, 6) is -0.0868. The Kier molecular flexibility index (Phi) is 5.72. The molecule has 27 heavy (non-hydrogen) atoms. The van der Waals surface area contributed by atoms with Crippen LogP contribution in [-0.4, -0.2) is 27.8 Å². The van der Waals surface area contributed by atoms with Gasteiger partial charge in [-0.3, -0.25) is 9.89 Å². The number of carbonyl (C=O) groups is 1. The maximum Gasteiger partial charge on any atom is 0.251 e. The van der Waals surface area contributed by atoms with Crippen LogP contribution in [0.2, 0.25) is 0 Å². The molecule has 2 aromatic carbocycles. The first kappa shape index (κ1) is 18.9. The van der Waals surface area contributed by atoms with E-state index in [1.807, 2.05) is 62.4 Å². The molecule has 5 nitrogen and oxygen atoms in total. The summed E-state index contributed by atoms with van der Waals surface area (Å²) >= 11 is 0. The number of H-pyrrole nitrogens is 1. The lowest BCUT2D eigenvalue weighted by Crippen LogP contribution is -2.25. The molecule has 0 bridgehead atoms. The number of carbonyl (C=O) groups excluding carboxylic acids is 1. The topological polar surface area (TPSA) is 78.0 Å². The number of aromatic nitrogens is 2. The fraction of sp³-hybridized carbons (Fsp3) is 0.273. The molecule has 1 heterocycles. The summed E-state index contributed by atoms with van der Waals surface area (Å²) in [7, 11) is 0. The van der Waals surface area contributed by atoms with E-state index in [4.69, 9.17) is 0 Å². The van der Waals surface area contributed by atoms with Crippen LogP contribution in [-0.2, 0) is 6.42 Å². The van der Waals surface area contributed by atoms with E-state index in [0.29, 0.717) is 12.1 Å². The van der Waals surface area contributed by atoms with Crippen molar-refractivity contribution in [3.8, 4) is 11.1 Å². The summed E-state index contributed by atoms with van der Waals surface area (Å²) in [5, 5.41) is 19.8. The van der Waals surface area contributed by atoms with Gasteiger partial charge in [0, 0.05) is 17.8 Å². The normalized spacial score (nSPS) is 12.0. The summed E-state index contributed by atoms with van der Waals surface area (Å²) in [6, 6.07) is 15.3. The van der Waals surface area contributed by atoms with Crippen molar-refractivity contribution in [2.24, 2.45) is 0 Å². The number of aromatic amines is 1. The van der Waals surface area contributed by atoms with E-state index >= 15 is 0 Å². The minimum atomic E-state index is -0.487. The van der Waals surface area contributed by atoms with Gasteiger partial charge in [0.05, 0.1) is 11.8 Å². The first-order valence-corrected chi connectivity index (χ1v) is 9.13. The smallest absolute Gasteiger partial charge is 0.251 e. The molecule has 0 saturated heterocycles. The van der Waals surface area contributed by atoms with Crippen LogP contribution in [0.1, 0.15) is 45.9 Å². The lowest BCUT2D eigenvalue weighted by molar-refractivity contribution is 0.0954. The van der Waals surface area contributed by atoms with Crippen molar-refractivity contribution in [3.05, 3.63) is 76.6 Å². The van der Waals surface area contributed by atoms with E-state index in [1.54, 1.807) is 6.92 Å². The Morgan fingerprint density at radius 2 is 1.89 bits per heavy atom. The molecule has 0 aliphatic carbocycles. The van der Waals surface area contributed by atoms with Crippen molar-refractivity contribution in [1.29, 1.82) is 0 Å². The number of aliphatic hydroxyl groups excluding tert-OH is 1. The van der Waals surface area contributed by atoms with Crippen LogP contribution in [0.3, 0.4) is 0 Å². The number of hydrogen-bond donors (Lipinski definition) is 3. The number of nitrogens with one attached hydrogen (secondary N) is 2. The van der Waals surface area contributed by atoms with Crippen LogP contribution < -0.4 is 5.32 Å². The molecule has 0 spiro atoms. The first-order chi connectivity index (χ1) is 13.0. The highest BCUT2D eigenvalue weighted by molar-refractivity contribution is 5.95. The Morgan fingerprint density at radius 1 is 1.15 bits per heavy atom. The van der Waals surface area contributed by atoms with Crippen LogP contribution in [0.5, 0.6) is 0 Å². The number of benzene rings is 2. The Labute approximate surface area is 159 Å². The zero-order valence-electron chi connectivity index (χ0n) is 15.9. The van der Waals surface area contributed by atoms with E-state index in [0.717, 1.165) is 40.1 Å². The van der Waals surface area contributed by atoms with Gasteiger partial charge >= 0.3 is 0 Å². The second-order valence-electron chi connectivity index (χ2n) is 6.80. The Balaban J connectivity index is 1.66. The summed E-state index contributed by atoms with van der Waals surface area (Å²) in [6.07, 6.45) is 0.263. The lowest BCUT2D eigenvalue weighted by Gasteiger charge is -2.09. The monoisotopic (exact) mass is 363 g/mol. The fourth-order valence-corrected chi connectivity index (χ4v) is 3.14. The quantitative estimate of drug-likeness (QED) is 0.625. The number of amides is 1. The minimum Gasteiger partial charge on any atom is -0.389 e. The Hall–Kier alpha value is -2.92. The zero-order chi connectivity index (χ0) is 19.4. The van der Waals surface area contributed by atoms with E-state index in [-0.39, 0.29) is 5.91 Å². The van der Waals surface area contributed by atoms with Gasteiger partial charge in [0.15, 0.2) is 0 Å². The minimum absolute atomic E-state index is 0.0868. The van der Waals surface area contributed by atoms with Crippen LogP contribution in [0, 0.1) is 13.8 Å². The van der Waals surface area contributed by atoms with Gasteiger partial charge in [-0.1, -0.05) is 36.4 Å². The molecule has 0 saturated carbocycles. The molecule has 1 amide bonds. The first-order valence-electron chi connectivity index (χ1n) is 9.13. The molecule has 0 aliphatic heterocycles. The molecule has 5 heteroatoms. The average Bonchev–Trinajstić information content (AvgIpc) is 3.00. The second kappa shape index (κ2) is 8.18. The highest BCUT2D eigenvalue weighted by Crippen LogP contribution is 2.23. The highest BCUT2D eigenvalue weighted by atomic mass is 16.3. The highest BCUT2D eigenvalue weighted by Gasteiger charge is 2.10. The van der Waals surface area contributed by atoms with Gasteiger partial charge in [-0.2, -0.15) is 5.10 Å². The summed E-state index contributed by atoms with van der Waals surface area (Å²) in [5.41, 5.74) is 6.67. The third kappa shape index (κ3) is 4.44. The second-order valence-corrected chi connectivity index (χ2v) is 6.80. The molecule has 140 valence electrons. The van der Waals surface area contributed by atoms with Crippen LogP contribution in [0.4, 0.5) is 0 Å². The van der Waals surface area contributed by atoms with Gasteiger partial charge in [0.25, 0.3) is 5.91 Å². The predicted molar refractivity (Wildman–Crippen MR) is 107 cm³/mol.